The quantitative estimate of drug-likeness (QED) is 0.762. The van der Waals surface area contributed by atoms with E-state index in [2.05, 4.69) is 0 Å². The number of carbonyl (C=O) groups is 1. The van der Waals surface area contributed by atoms with Gasteiger partial charge in [0.15, 0.2) is 0 Å². The number of likely N-dealkylation sites (tertiary alicyclic amines) is 1. The molecule has 0 aromatic carbocycles. The number of nitrogens with zero attached hydrogens (tertiary/aromatic N) is 1. The Morgan fingerprint density at radius 2 is 2.12 bits per heavy atom. The number of ether oxygens (including phenoxy) is 1. The summed E-state index contributed by atoms with van der Waals surface area (Å²) in [4.78, 5) is 14.3. The Hall–Kier alpha value is -0.610. The highest BCUT2D eigenvalue weighted by Crippen LogP contribution is 2.35. The number of hydrogen-bond acceptors (Lipinski definition) is 4. The van der Waals surface area contributed by atoms with Gasteiger partial charge in [-0.2, -0.15) is 0 Å². The molecule has 0 spiro atoms. The monoisotopic (exact) mass is 243 g/mol. The van der Waals surface area contributed by atoms with Crippen LogP contribution in [-0.4, -0.2) is 47.3 Å². The fourth-order valence-corrected chi connectivity index (χ4v) is 2.37. The molecule has 100 valence electrons. The van der Waals surface area contributed by atoms with Gasteiger partial charge in [0, 0.05) is 13.2 Å². The van der Waals surface area contributed by atoms with Gasteiger partial charge in [-0.1, -0.05) is 0 Å². The van der Waals surface area contributed by atoms with Crippen LogP contribution in [0.15, 0.2) is 0 Å². The van der Waals surface area contributed by atoms with Crippen LogP contribution in [0.3, 0.4) is 0 Å². The number of carbonyl (C=O) groups excluding carboxylic acids is 1. The van der Waals surface area contributed by atoms with Crippen molar-refractivity contribution in [2.45, 2.75) is 51.7 Å². The minimum atomic E-state index is -0.548. The van der Waals surface area contributed by atoms with Crippen LogP contribution in [0.5, 0.6) is 0 Å². The van der Waals surface area contributed by atoms with Gasteiger partial charge in [-0.15, -0.1) is 0 Å². The summed E-state index contributed by atoms with van der Waals surface area (Å²) in [5.74, 6) is 0.218. The number of hydrogen-bond donors (Lipinski definition) is 1. The van der Waals surface area contributed by atoms with Gasteiger partial charge in [0.25, 0.3) is 0 Å². The topological polar surface area (TPSA) is 49.8 Å². The molecule has 0 aromatic rings. The van der Waals surface area contributed by atoms with Crippen LogP contribution >= 0.6 is 0 Å². The molecule has 1 saturated heterocycles. The maximum Gasteiger partial charge on any atom is 0.326 e. The lowest BCUT2D eigenvalue weighted by Crippen LogP contribution is -2.48. The Labute approximate surface area is 104 Å². The van der Waals surface area contributed by atoms with Gasteiger partial charge in [-0.25, -0.2) is 0 Å². The van der Waals surface area contributed by atoms with Crippen molar-refractivity contribution in [1.29, 1.82) is 0 Å². The number of rotatable bonds is 3. The van der Waals surface area contributed by atoms with E-state index in [4.69, 9.17) is 9.84 Å². The molecule has 0 radical (unpaired) electrons. The fourth-order valence-electron chi connectivity index (χ4n) is 2.37. The molecule has 4 nitrogen and oxygen atoms in total. The predicted octanol–water partition coefficient (Wildman–Crippen LogP) is 1.42. The van der Waals surface area contributed by atoms with E-state index >= 15 is 0 Å². The Morgan fingerprint density at radius 1 is 1.53 bits per heavy atom. The van der Waals surface area contributed by atoms with E-state index in [1.165, 1.54) is 0 Å². The molecule has 4 heteroatoms. The van der Waals surface area contributed by atoms with E-state index in [0.29, 0.717) is 5.92 Å². The summed E-state index contributed by atoms with van der Waals surface area (Å²) in [6.07, 6.45) is 1.52. The number of aliphatic hydroxyl groups excluding tert-OH is 1. The highest BCUT2D eigenvalue weighted by molar-refractivity contribution is 5.81. The largest absolute Gasteiger partial charge is 0.459 e. The average molecular weight is 243 g/mol. The van der Waals surface area contributed by atoms with E-state index < -0.39 is 11.1 Å². The molecule has 17 heavy (non-hydrogen) atoms. The van der Waals surface area contributed by atoms with Crippen LogP contribution < -0.4 is 0 Å². The summed E-state index contributed by atoms with van der Waals surface area (Å²) in [5, 5.41) is 8.97. The van der Waals surface area contributed by atoms with Crippen molar-refractivity contribution < 1.29 is 14.6 Å². The van der Waals surface area contributed by atoms with E-state index in [9.17, 15) is 4.79 Å². The van der Waals surface area contributed by atoms with Crippen molar-refractivity contribution >= 4 is 5.97 Å². The summed E-state index contributed by atoms with van der Waals surface area (Å²) in [6.45, 7) is 8.61. The highest BCUT2D eigenvalue weighted by atomic mass is 16.6. The average Bonchev–Trinajstić information content (AvgIpc) is 2.41. The second-order valence-corrected chi connectivity index (χ2v) is 6.24. The van der Waals surface area contributed by atoms with Gasteiger partial charge in [-0.05, 0) is 53.5 Å². The van der Waals surface area contributed by atoms with E-state index in [-0.39, 0.29) is 12.6 Å². The van der Waals surface area contributed by atoms with Crippen molar-refractivity contribution in [1.82, 2.24) is 4.90 Å². The molecule has 0 amide bonds. The first kappa shape index (κ1) is 14.5. The van der Waals surface area contributed by atoms with Crippen LogP contribution in [0.4, 0.5) is 0 Å². The van der Waals surface area contributed by atoms with Gasteiger partial charge in [0.2, 0.25) is 0 Å². The van der Waals surface area contributed by atoms with Crippen LogP contribution in [-0.2, 0) is 9.53 Å². The maximum absolute atomic E-state index is 12.2. The zero-order valence-corrected chi connectivity index (χ0v) is 11.6. The molecule has 1 aliphatic heterocycles. The van der Waals surface area contributed by atoms with Crippen LogP contribution in [0, 0.1) is 5.92 Å². The molecule has 1 heterocycles. The molecule has 1 rings (SSSR count). The van der Waals surface area contributed by atoms with Gasteiger partial charge >= 0.3 is 5.97 Å². The number of likely N-dealkylation sites (N-methyl/N-ethyl adjacent to an activating group) is 1. The van der Waals surface area contributed by atoms with Crippen LogP contribution in [0.25, 0.3) is 0 Å². The van der Waals surface area contributed by atoms with Gasteiger partial charge in [0.05, 0.1) is 0 Å². The first-order valence-corrected chi connectivity index (χ1v) is 6.24. The van der Waals surface area contributed by atoms with Crippen LogP contribution in [0.1, 0.15) is 40.5 Å². The van der Waals surface area contributed by atoms with Gasteiger partial charge in [-0.3, -0.25) is 9.69 Å². The molecular weight excluding hydrogens is 218 g/mol. The second-order valence-electron chi connectivity index (χ2n) is 6.24. The number of aliphatic hydroxyl groups is 1. The van der Waals surface area contributed by atoms with Crippen LogP contribution in [0.2, 0.25) is 0 Å². The Kier molecular flexibility index (Phi) is 4.20. The van der Waals surface area contributed by atoms with Crippen molar-refractivity contribution in [3.63, 3.8) is 0 Å². The maximum atomic E-state index is 12.2. The SMILES string of the molecule is CN1C[C@@H](CCO)CC1(C)C(=O)OC(C)(C)C. The van der Waals surface area contributed by atoms with Crippen molar-refractivity contribution in [3.8, 4) is 0 Å². The minimum Gasteiger partial charge on any atom is -0.459 e. The molecular formula is C13H25NO3. The molecule has 1 fully saturated rings. The third-order valence-corrected chi connectivity index (χ3v) is 3.44. The highest BCUT2D eigenvalue weighted by Gasteiger charge is 2.47. The molecule has 0 saturated carbocycles. The summed E-state index contributed by atoms with van der Waals surface area (Å²) < 4.78 is 5.48. The molecule has 0 aliphatic carbocycles. The van der Waals surface area contributed by atoms with E-state index in [1.807, 2.05) is 39.6 Å². The fraction of sp³-hybridized carbons (Fsp3) is 0.923. The smallest absolute Gasteiger partial charge is 0.326 e. The molecule has 1 N–H and O–H groups in total. The van der Waals surface area contributed by atoms with Crippen molar-refractivity contribution in [2.24, 2.45) is 5.92 Å². The zero-order chi connectivity index (χ0) is 13.3. The lowest BCUT2D eigenvalue weighted by atomic mass is 9.92. The summed E-state index contributed by atoms with van der Waals surface area (Å²) in [6, 6.07) is 0. The summed E-state index contributed by atoms with van der Waals surface area (Å²) in [7, 11) is 1.95. The summed E-state index contributed by atoms with van der Waals surface area (Å²) in [5.41, 5.74) is -0.997. The lowest BCUT2D eigenvalue weighted by molar-refractivity contribution is -0.166. The standard InChI is InChI=1S/C13H25NO3/c1-12(2,3)17-11(16)13(4)8-10(6-7-15)9-14(13)5/h10,15H,6-9H2,1-5H3/t10-,13?/m0/s1. The Balaban J connectivity index is 2.71. The van der Waals surface area contributed by atoms with E-state index in [1.54, 1.807) is 0 Å². The molecule has 0 aromatic heterocycles. The van der Waals surface area contributed by atoms with Gasteiger partial charge in [0.1, 0.15) is 11.1 Å². The number of esters is 1. The minimum absolute atomic E-state index is 0.159. The normalized spacial score (nSPS) is 30.6. The molecule has 2 atom stereocenters. The third-order valence-electron chi connectivity index (χ3n) is 3.44. The van der Waals surface area contributed by atoms with Gasteiger partial charge < -0.3 is 9.84 Å². The predicted molar refractivity (Wildman–Crippen MR) is 66.7 cm³/mol. The third kappa shape index (κ3) is 3.42. The molecule has 1 aliphatic rings. The molecule has 0 bridgehead atoms. The molecule has 1 unspecified atom stereocenters. The van der Waals surface area contributed by atoms with E-state index in [0.717, 1.165) is 19.4 Å². The van der Waals surface area contributed by atoms with Crippen molar-refractivity contribution in [3.05, 3.63) is 0 Å². The Bertz CT molecular complexity index is 285. The van der Waals surface area contributed by atoms with Crippen molar-refractivity contribution in [2.75, 3.05) is 20.2 Å². The lowest BCUT2D eigenvalue weighted by Gasteiger charge is -2.33. The summed E-state index contributed by atoms with van der Waals surface area (Å²) >= 11 is 0. The second kappa shape index (κ2) is 4.94. The first-order chi connectivity index (χ1) is 7.69. The zero-order valence-electron chi connectivity index (χ0n) is 11.6. The Morgan fingerprint density at radius 3 is 2.59 bits per heavy atom. The first-order valence-electron chi connectivity index (χ1n) is 6.24.